The lowest BCUT2D eigenvalue weighted by atomic mass is 9.97. The van der Waals surface area contributed by atoms with Crippen LogP contribution in [0.15, 0.2) is 22.8 Å². The summed E-state index contributed by atoms with van der Waals surface area (Å²) in [5, 5.41) is 6.35. The number of amides is 1. The summed E-state index contributed by atoms with van der Waals surface area (Å²) in [4.78, 5) is 14.5. The molecule has 0 unspecified atom stereocenters. The molecule has 2 fully saturated rings. The Morgan fingerprint density at radius 1 is 1.33 bits per heavy atom. The SMILES string of the molecule is O=C(CN(CC1CCNCC1)C1CC1)NCc1ccco1. The zero-order valence-electron chi connectivity index (χ0n) is 12.5. The van der Waals surface area contributed by atoms with E-state index in [1.807, 2.05) is 12.1 Å². The fourth-order valence-electron chi connectivity index (χ4n) is 3.02. The molecular weight excluding hydrogens is 266 g/mol. The lowest BCUT2D eigenvalue weighted by Crippen LogP contribution is -2.42. The summed E-state index contributed by atoms with van der Waals surface area (Å²) in [6.07, 6.45) is 6.59. The topological polar surface area (TPSA) is 57.5 Å². The maximum absolute atomic E-state index is 12.1. The van der Waals surface area contributed by atoms with Gasteiger partial charge in [-0.05, 0) is 56.8 Å². The summed E-state index contributed by atoms with van der Waals surface area (Å²) in [5.74, 6) is 1.65. The molecule has 1 amide bonds. The number of nitrogens with one attached hydrogen (secondary N) is 2. The molecule has 1 aromatic rings. The van der Waals surface area contributed by atoms with E-state index >= 15 is 0 Å². The molecule has 0 radical (unpaired) electrons. The van der Waals surface area contributed by atoms with Crippen LogP contribution in [0.1, 0.15) is 31.4 Å². The quantitative estimate of drug-likeness (QED) is 0.796. The first-order valence-electron chi connectivity index (χ1n) is 8.05. The van der Waals surface area contributed by atoms with Gasteiger partial charge in [-0.3, -0.25) is 9.69 Å². The van der Waals surface area contributed by atoms with Crippen LogP contribution in [0.4, 0.5) is 0 Å². The molecule has 2 aliphatic rings. The molecule has 1 saturated carbocycles. The zero-order chi connectivity index (χ0) is 14.5. The molecule has 1 saturated heterocycles. The summed E-state index contributed by atoms with van der Waals surface area (Å²) in [6.45, 7) is 4.31. The van der Waals surface area contributed by atoms with Gasteiger partial charge in [-0.25, -0.2) is 0 Å². The number of carbonyl (C=O) groups excluding carboxylic acids is 1. The molecule has 1 aliphatic heterocycles. The Bertz CT molecular complexity index is 436. The first-order valence-corrected chi connectivity index (χ1v) is 8.05. The van der Waals surface area contributed by atoms with Crippen molar-refractivity contribution in [2.24, 2.45) is 5.92 Å². The van der Waals surface area contributed by atoms with E-state index in [9.17, 15) is 4.79 Å². The van der Waals surface area contributed by atoms with E-state index in [4.69, 9.17) is 4.42 Å². The van der Waals surface area contributed by atoms with Gasteiger partial charge in [0.1, 0.15) is 5.76 Å². The minimum Gasteiger partial charge on any atom is -0.467 e. The summed E-state index contributed by atoms with van der Waals surface area (Å²) < 4.78 is 5.23. The Kier molecular flexibility index (Phi) is 4.93. The zero-order valence-corrected chi connectivity index (χ0v) is 12.5. The van der Waals surface area contributed by atoms with Crippen LogP contribution in [0.25, 0.3) is 0 Å². The van der Waals surface area contributed by atoms with Gasteiger partial charge in [-0.15, -0.1) is 0 Å². The van der Waals surface area contributed by atoms with Crippen molar-refractivity contribution in [3.63, 3.8) is 0 Å². The number of carbonyl (C=O) groups is 1. The van der Waals surface area contributed by atoms with Crippen molar-refractivity contribution < 1.29 is 9.21 Å². The van der Waals surface area contributed by atoms with Gasteiger partial charge in [0.05, 0.1) is 19.4 Å². The van der Waals surface area contributed by atoms with Crippen molar-refractivity contribution in [3.05, 3.63) is 24.2 Å². The van der Waals surface area contributed by atoms with Crippen molar-refractivity contribution in [2.75, 3.05) is 26.2 Å². The predicted molar refractivity (Wildman–Crippen MR) is 80.7 cm³/mol. The molecule has 2 N–H and O–H groups in total. The highest BCUT2D eigenvalue weighted by Gasteiger charge is 2.32. The second-order valence-electron chi connectivity index (χ2n) is 6.21. The van der Waals surface area contributed by atoms with Crippen LogP contribution in [0.3, 0.4) is 0 Å². The minimum absolute atomic E-state index is 0.104. The summed E-state index contributed by atoms with van der Waals surface area (Å²) in [5.41, 5.74) is 0. The standard InChI is InChI=1S/C16H25N3O2/c20-16(18-10-15-2-1-9-21-15)12-19(14-3-4-14)11-13-5-7-17-8-6-13/h1-2,9,13-14,17H,3-8,10-12H2,(H,18,20). The Balaban J connectivity index is 1.44. The maximum Gasteiger partial charge on any atom is 0.234 e. The highest BCUT2D eigenvalue weighted by atomic mass is 16.3. The summed E-state index contributed by atoms with van der Waals surface area (Å²) >= 11 is 0. The van der Waals surface area contributed by atoms with E-state index in [1.165, 1.54) is 25.7 Å². The Hall–Kier alpha value is -1.33. The highest BCUT2D eigenvalue weighted by molar-refractivity contribution is 5.78. The molecule has 0 aromatic carbocycles. The molecule has 0 bridgehead atoms. The van der Waals surface area contributed by atoms with E-state index in [2.05, 4.69) is 15.5 Å². The molecule has 5 heteroatoms. The lowest BCUT2D eigenvalue weighted by molar-refractivity contribution is -0.122. The second kappa shape index (κ2) is 7.09. The highest BCUT2D eigenvalue weighted by Crippen LogP contribution is 2.28. The fourth-order valence-corrected chi connectivity index (χ4v) is 3.02. The monoisotopic (exact) mass is 291 g/mol. The lowest BCUT2D eigenvalue weighted by Gasteiger charge is -2.29. The normalized spacial score (nSPS) is 19.9. The van der Waals surface area contributed by atoms with Crippen molar-refractivity contribution in [1.82, 2.24) is 15.5 Å². The maximum atomic E-state index is 12.1. The van der Waals surface area contributed by atoms with E-state index in [0.29, 0.717) is 19.1 Å². The minimum atomic E-state index is 0.104. The largest absolute Gasteiger partial charge is 0.467 e. The Labute approximate surface area is 126 Å². The summed E-state index contributed by atoms with van der Waals surface area (Å²) in [6, 6.07) is 4.36. The Morgan fingerprint density at radius 2 is 2.14 bits per heavy atom. The molecule has 5 nitrogen and oxygen atoms in total. The molecule has 116 valence electrons. The Morgan fingerprint density at radius 3 is 2.81 bits per heavy atom. The molecule has 2 heterocycles. The van der Waals surface area contributed by atoms with Gasteiger partial charge >= 0.3 is 0 Å². The number of furan rings is 1. The third-order valence-electron chi connectivity index (χ3n) is 4.40. The second-order valence-corrected chi connectivity index (χ2v) is 6.21. The molecule has 1 aliphatic carbocycles. The van der Waals surface area contributed by atoms with Gasteiger partial charge in [-0.2, -0.15) is 0 Å². The number of rotatable bonds is 7. The summed E-state index contributed by atoms with van der Waals surface area (Å²) in [7, 11) is 0. The molecule has 3 rings (SSSR count). The molecule has 21 heavy (non-hydrogen) atoms. The van der Waals surface area contributed by atoms with Crippen LogP contribution >= 0.6 is 0 Å². The molecule has 1 aromatic heterocycles. The number of nitrogens with zero attached hydrogens (tertiary/aromatic N) is 1. The molecule has 0 spiro atoms. The van der Waals surface area contributed by atoms with E-state index in [-0.39, 0.29) is 5.91 Å². The van der Waals surface area contributed by atoms with E-state index < -0.39 is 0 Å². The van der Waals surface area contributed by atoms with E-state index in [1.54, 1.807) is 6.26 Å². The van der Waals surface area contributed by atoms with Crippen LogP contribution in [-0.4, -0.2) is 43.0 Å². The average Bonchev–Trinajstić information content (AvgIpc) is 3.22. The van der Waals surface area contributed by atoms with Gasteiger partial charge in [0.15, 0.2) is 0 Å². The van der Waals surface area contributed by atoms with Crippen LogP contribution in [0, 0.1) is 5.92 Å². The third-order valence-corrected chi connectivity index (χ3v) is 4.40. The smallest absolute Gasteiger partial charge is 0.234 e. The fraction of sp³-hybridized carbons (Fsp3) is 0.688. The van der Waals surface area contributed by atoms with Gasteiger partial charge in [-0.1, -0.05) is 0 Å². The van der Waals surface area contributed by atoms with Crippen molar-refractivity contribution in [3.8, 4) is 0 Å². The van der Waals surface area contributed by atoms with E-state index in [0.717, 1.165) is 31.3 Å². The van der Waals surface area contributed by atoms with Crippen molar-refractivity contribution in [1.29, 1.82) is 0 Å². The van der Waals surface area contributed by atoms with Crippen LogP contribution < -0.4 is 10.6 Å². The molecular formula is C16H25N3O2. The van der Waals surface area contributed by atoms with Gasteiger partial charge in [0, 0.05) is 12.6 Å². The number of hydrogen-bond donors (Lipinski definition) is 2. The van der Waals surface area contributed by atoms with Crippen LogP contribution in [0.2, 0.25) is 0 Å². The number of hydrogen-bond acceptors (Lipinski definition) is 4. The van der Waals surface area contributed by atoms with Gasteiger partial charge in [0.25, 0.3) is 0 Å². The predicted octanol–water partition coefficient (Wildman–Crippen LogP) is 1.36. The van der Waals surface area contributed by atoms with Crippen LogP contribution in [-0.2, 0) is 11.3 Å². The van der Waals surface area contributed by atoms with Crippen molar-refractivity contribution >= 4 is 5.91 Å². The van der Waals surface area contributed by atoms with Crippen LogP contribution in [0.5, 0.6) is 0 Å². The molecule has 0 atom stereocenters. The van der Waals surface area contributed by atoms with Gasteiger partial charge in [0.2, 0.25) is 5.91 Å². The van der Waals surface area contributed by atoms with Gasteiger partial charge < -0.3 is 15.1 Å². The number of piperidine rings is 1. The first-order chi connectivity index (χ1) is 10.3. The third kappa shape index (κ3) is 4.58. The average molecular weight is 291 g/mol. The van der Waals surface area contributed by atoms with Crippen molar-refractivity contribution in [2.45, 2.75) is 38.3 Å². The first kappa shape index (κ1) is 14.6.